The van der Waals surface area contributed by atoms with Crippen molar-refractivity contribution in [3.8, 4) is 0 Å². The Balaban J connectivity index is 1.55. The van der Waals surface area contributed by atoms with Crippen molar-refractivity contribution in [1.82, 2.24) is 14.3 Å². The predicted molar refractivity (Wildman–Crippen MR) is 100 cm³/mol. The van der Waals surface area contributed by atoms with Gasteiger partial charge in [0.2, 0.25) is 11.5 Å². The summed E-state index contributed by atoms with van der Waals surface area (Å²) in [6.07, 6.45) is 2.65. The zero-order valence-electron chi connectivity index (χ0n) is 14.5. The second-order valence-corrected chi connectivity index (χ2v) is 6.55. The molecule has 3 aromatic rings. The Labute approximate surface area is 151 Å². The van der Waals surface area contributed by atoms with Crippen molar-refractivity contribution in [2.24, 2.45) is 0 Å². The highest BCUT2D eigenvalue weighted by atomic mass is 16.6. The lowest BCUT2D eigenvalue weighted by Gasteiger charge is -2.21. The standard InChI is InChI=1S/C19H21N5O2/c25-24(26)19-18(20-17-9-4-5-12-23(17)19)22-11-6-10-21(13-14-22)15-16-7-2-1-3-8-16/h1-5,7-9,12H,6,10-11,13-15H2. The summed E-state index contributed by atoms with van der Waals surface area (Å²) in [5.41, 5.74) is 1.90. The average molecular weight is 351 g/mol. The SMILES string of the molecule is O=[N+]([O-])c1c(N2CCCN(Cc3ccccc3)CC2)nc2ccccn12. The number of anilines is 1. The van der Waals surface area contributed by atoms with Gasteiger partial charge in [-0.2, -0.15) is 9.38 Å². The van der Waals surface area contributed by atoms with Crippen molar-refractivity contribution >= 4 is 17.3 Å². The zero-order chi connectivity index (χ0) is 17.9. The maximum atomic E-state index is 11.6. The van der Waals surface area contributed by atoms with E-state index in [-0.39, 0.29) is 10.7 Å². The van der Waals surface area contributed by atoms with Gasteiger partial charge in [-0.15, -0.1) is 0 Å². The van der Waals surface area contributed by atoms with Gasteiger partial charge >= 0.3 is 5.82 Å². The van der Waals surface area contributed by atoms with E-state index in [1.165, 1.54) is 5.56 Å². The van der Waals surface area contributed by atoms with Gasteiger partial charge in [-0.3, -0.25) is 4.90 Å². The summed E-state index contributed by atoms with van der Waals surface area (Å²) < 4.78 is 1.56. The van der Waals surface area contributed by atoms with Crippen LogP contribution in [-0.2, 0) is 6.54 Å². The van der Waals surface area contributed by atoms with E-state index in [0.29, 0.717) is 11.5 Å². The number of nitrogens with zero attached hydrogens (tertiary/aromatic N) is 5. The van der Waals surface area contributed by atoms with Crippen LogP contribution in [0.25, 0.3) is 5.65 Å². The number of aromatic nitrogens is 2. The van der Waals surface area contributed by atoms with Gasteiger partial charge in [0.25, 0.3) is 0 Å². The summed E-state index contributed by atoms with van der Waals surface area (Å²) >= 11 is 0. The van der Waals surface area contributed by atoms with Crippen LogP contribution in [0.1, 0.15) is 12.0 Å². The van der Waals surface area contributed by atoms with E-state index >= 15 is 0 Å². The van der Waals surface area contributed by atoms with Crippen molar-refractivity contribution in [1.29, 1.82) is 0 Å². The van der Waals surface area contributed by atoms with Crippen molar-refractivity contribution in [3.05, 3.63) is 70.4 Å². The van der Waals surface area contributed by atoms with Gasteiger partial charge in [0.15, 0.2) is 0 Å². The van der Waals surface area contributed by atoms with Gasteiger partial charge in [-0.1, -0.05) is 36.4 Å². The van der Waals surface area contributed by atoms with Crippen LogP contribution in [0.5, 0.6) is 0 Å². The van der Waals surface area contributed by atoms with E-state index in [1.54, 1.807) is 22.7 Å². The summed E-state index contributed by atoms with van der Waals surface area (Å²) in [4.78, 5) is 20.3. The molecule has 0 bridgehead atoms. The molecule has 0 aliphatic carbocycles. The van der Waals surface area contributed by atoms with E-state index in [4.69, 9.17) is 0 Å². The molecular formula is C19H21N5O2. The van der Waals surface area contributed by atoms with E-state index in [2.05, 4.69) is 39.0 Å². The highest BCUT2D eigenvalue weighted by Crippen LogP contribution is 2.29. The quantitative estimate of drug-likeness (QED) is 0.534. The number of hydrogen-bond acceptors (Lipinski definition) is 5. The molecule has 1 aliphatic rings. The first-order chi connectivity index (χ1) is 12.7. The molecule has 0 radical (unpaired) electrons. The predicted octanol–water partition coefficient (Wildman–Crippen LogP) is 2.95. The van der Waals surface area contributed by atoms with Crippen molar-refractivity contribution in [2.75, 3.05) is 31.1 Å². The van der Waals surface area contributed by atoms with E-state index in [1.807, 2.05) is 12.1 Å². The molecule has 0 saturated carbocycles. The Bertz CT molecular complexity index is 909. The minimum absolute atomic E-state index is 0.0529. The fourth-order valence-corrected chi connectivity index (χ4v) is 3.53. The first kappa shape index (κ1) is 16.5. The first-order valence-corrected chi connectivity index (χ1v) is 8.85. The summed E-state index contributed by atoms with van der Waals surface area (Å²) in [6, 6.07) is 15.8. The summed E-state index contributed by atoms with van der Waals surface area (Å²) in [6.45, 7) is 4.25. The number of pyridine rings is 1. The van der Waals surface area contributed by atoms with Gasteiger partial charge in [0.1, 0.15) is 0 Å². The molecule has 26 heavy (non-hydrogen) atoms. The molecule has 0 unspecified atom stereocenters. The van der Waals surface area contributed by atoms with E-state index in [9.17, 15) is 10.1 Å². The van der Waals surface area contributed by atoms with Crippen LogP contribution < -0.4 is 4.90 Å². The monoisotopic (exact) mass is 351 g/mol. The second-order valence-electron chi connectivity index (χ2n) is 6.55. The van der Waals surface area contributed by atoms with Crippen LogP contribution in [0.2, 0.25) is 0 Å². The third kappa shape index (κ3) is 3.25. The Hall–Kier alpha value is -2.93. The number of benzene rings is 1. The van der Waals surface area contributed by atoms with Crippen molar-refractivity contribution in [2.45, 2.75) is 13.0 Å². The average Bonchev–Trinajstić information content (AvgIpc) is 2.89. The summed E-state index contributed by atoms with van der Waals surface area (Å²) in [7, 11) is 0. The largest absolute Gasteiger partial charge is 0.372 e. The lowest BCUT2D eigenvalue weighted by atomic mass is 10.2. The highest BCUT2D eigenvalue weighted by Gasteiger charge is 2.28. The molecule has 4 rings (SSSR count). The van der Waals surface area contributed by atoms with Crippen LogP contribution in [0, 0.1) is 10.1 Å². The normalized spacial score (nSPS) is 15.9. The summed E-state index contributed by atoms with van der Waals surface area (Å²) in [5, 5.41) is 11.6. The van der Waals surface area contributed by atoms with Gasteiger partial charge < -0.3 is 15.0 Å². The van der Waals surface area contributed by atoms with Crippen LogP contribution in [-0.4, -0.2) is 45.4 Å². The van der Waals surface area contributed by atoms with Crippen molar-refractivity contribution < 1.29 is 4.92 Å². The molecule has 1 fully saturated rings. The molecule has 1 saturated heterocycles. The minimum Gasteiger partial charge on any atom is -0.358 e. The fourth-order valence-electron chi connectivity index (χ4n) is 3.53. The summed E-state index contributed by atoms with van der Waals surface area (Å²) in [5.74, 6) is 0.528. The third-order valence-corrected chi connectivity index (χ3v) is 4.80. The molecular weight excluding hydrogens is 330 g/mol. The number of fused-ring (bicyclic) bond motifs is 1. The molecule has 7 heteroatoms. The lowest BCUT2D eigenvalue weighted by molar-refractivity contribution is -0.389. The maximum Gasteiger partial charge on any atom is 0.372 e. The maximum absolute atomic E-state index is 11.6. The fraction of sp³-hybridized carbons (Fsp3) is 0.316. The number of rotatable bonds is 4. The Kier molecular flexibility index (Phi) is 4.53. The molecule has 0 spiro atoms. The molecule has 0 amide bonds. The molecule has 134 valence electrons. The molecule has 0 N–H and O–H groups in total. The zero-order valence-corrected chi connectivity index (χ0v) is 14.5. The molecule has 1 aromatic carbocycles. The number of imidazole rings is 1. The Morgan fingerprint density at radius 2 is 1.81 bits per heavy atom. The van der Waals surface area contributed by atoms with Crippen LogP contribution >= 0.6 is 0 Å². The Morgan fingerprint density at radius 3 is 2.62 bits per heavy atom. The highest BCUT2D eigenvalue weighted by molar-refractivity contribution is 5.63. The number of nitro groups is 1. The third-order valence-electron chi connectivity index (χ3n) is 4.80. The van der Waals surface area contributed by atoms with Crippen LogP contribution in [0.15, 0.2) is 54.7 Å². The van der Waals surface area contributed by atoms with Gasteiger partial charge in [-0.25, -0.2) is 0 Å². The molecule has 0 atom stereocenters. The molecule has 3 heterocycles. The van der Waals surface area contributed by atoms with Gasteiger partial charge in [0, 0.05) is 38.8 Å². The van der Waals surface area contributed by atoms with Gasteiger partial charge in [-0.05, 0) is 23.0 Å². The number of hydrogen-bond donors (Lipinski definition) is 0. The van der Waals surface area contributed by atoms with E-state index < -0.39 is 0 Å². The molecule has 2 aromatic heterocycles. The molecule has 7 nitrogen and oxygen atoms in total. The first-order valence-electron chi connectivity index (χ1n) is 8.85. The topological polar surface area (TPSA) is 66.9 Å². The van der Waals surface area contributed by atoms with Crippen molar-refractivity contribution in [3.63, 3.8) is 0 Å². The Morgan fingerprint density at radius 1 is 1.00 bits per heavy atom. The smallest absolute Gasteiger partial charge is 0.358 e. The van der Waals surface area contributed by atoms with Crippen LogP contribution in [0.3, 0.4) is 0 Å². The second kappa shape index (κ2) is 7.13. The minimum atomic E-state index is -0.331. The van der Waals surface area contributed by atoms with Crippen LogP contribution in [0.4, 0.5) is 11.6 Å². The van der Waals surface area contributed by atoms with E-state index in [0.717, 1.165) is 39.1 Å². The van der Waals surface area contributed by atoms with Gasteiger partial charge in [0.05, 0.1) is 6.20 Å². The lowest BCUT2D eigenvalue weighted by Crippen LogP contribution is -2.31. The molecule has 1 aliphatic heterocycles.